The zero-order valence-electron chi connectivity index (χ0n) is 16.6. The van der Waals surface area contributed by atoms with Crippen LogP contribution in [0, 0.1) is 5.92 Å². The molecule has 2 aliphatic rings. The van der Waals surface area contributed by atoms with Crippen molar-refractivity contribution in [1.29, 1.82) is 0 Å². The van der Waals surface area contributed by atoms with Crippen LogP contribution in [0.2, 0.25) is 0 Å². The van der Waals surface area contributed by atoms with E-state index < -0.39 is 5.60 Å². The average molecular weight is 375 g/mol. The lowest BCUT2D eigenvalue weighted by molar-refractivity contribution is -0.136. The Morgan fingerprint density at radius 1 is 1.30 bits per heavy atom. The smallest absolute Gasteiger partial charge is 0.225 e. The van der Waals surface area contributed by atoms with Crippen molar-refractivity contribution in [2.45, 2.75) is 51.2 Å². The fraction of sp³-hybridized carbons (Fsp3) is 0.714. The Balaban J connectivity index is 1.55. The molecule has 0 spiro atoms. The van der Waals surface area contributed by atoms with Gasteiger partial charge in [0, 0.05) is 44.5 Å². The van der Waals surface area contributed by atoms with E-state index in [9.17, 15) is 9.90 Å². The fourth-order valence-electron chi connectivity index (χ4n) is 4.33. The summed E-state index contributed by atoms with van der Waals surface area (Å²) < 4.78 is 0. The molecule has 0 saturated carbocycles. The monoisotopic (exact) mass is 374 g/mol. The van der Waals surface area contributed by atoms with Gasteiger partial charge < -0.3 is 15.3 Å². The molecule has 150 valence electrons. The van der Waals surface area contributed by atoms with Crippen molar-refractivity contribution in [3.8, 4) is 0 Å². The molecule has 3 rings (SSSR count). The summed E-state index contributed by atoms with van der Waals surface area (Å²) in [6, 6.07) is 4.05. The lowest BCUT2D eigenvalue weighted by Crippen LogP contribution is -2.45. The van der Waals surface area contributed by atoms with E-state index in [4.69, 9.17) is 0 Å². The number of aromatic nitrogens is 1. The average Bonchev–Trinajstić information content (AvgIpc) is 2.90. The molecule has 0 radical (unpaired) electrons. The minimum Gasteiger partial charge on any atom is -0.388 e. The van der Waals surface area contributed by atoms with Gasteiger partial charge in [0.05, 0.1) is 5.60 Å². The lowest BCUT2D eigenvalue weighted by Gasteiger charge is -2.33. The summed E-state index contributed by atoms with van der Waals surface area (Å²) in [4.78, 5) is 21.2. The van der Waals surface area contributed by atoms with E-state index in [0.29, 0.717) is 25.4 Å². The number of likely N-dealkylation sites (tertiary alicyclic amines) is 1. The molecule has 2 fully saturated rings. The number of carbonyl (C=O) groups is 1. The summed E-state index contributed by atoms with van der Waals surface area (Å²) in [7, 11) is 0. The maximum atomic E-state index is 12.8. The van der Waals surface area contributed by atoms with E-state index in [1.807, 2.05) is 29.4 Å². The Morgan fingerprint density at radius 3 is 2.74 bits per heavy atom. The SMILES string of the molecule is CCN(Cc1ccncc1)C[C@]1(O)CCCN(C(=O)C2CCNCC2)CC1. The standard InChI is InChI=1S/C21H34N4O2/c1-2-24(16-18-4-10-22-11-5-18)17-21(27)8-3-14-25(15-9-21)20(26)19-6-12-23-13-7-19/h4-5,10-11,19,23,27H,2-3,6-9,12-17H2,1H3/t21-/m0/s1. The summed E-state index contributed by atoms with van der Waals surface area (Å²) >= 11 is 0. The highest BCUT2D eigenvalue weighted by atomic mass is 16.3. The molecule has 2 aliphatic heterocycles. The fourth-order valence-corrected chi connectivity index (χ4v) is 4.33. The number of amides is 1. The molecular formula is C21H34N4O2. The first-order valence-corrected chi connectivity index (χ1v) is 10.4. The van der Waals surface area contributed by atoms with Crippen LogP contribution in [0.5, 0.6) is 0 Å². The van der Waals surface area contributed by atoms with E-state index in [-0.39, 0.29) is 5.92 Å². The van der Waals surface area contributed by atoms with Gasteiger partial charge >= 0.3 is 0 Å². The van der Waals surface area contributed by atoms with Crippen molar-refractivity contribution in [1.82, 2.24) is 20.1 Å². The molecule has 0 aliphatic carbocycles. The van der Waals surface area contributed by atoms with Gasteiger partial charge in [-0.05, 0) is 69.4 Å². The van der Waals surface area contributed by atoms with Crippen molar-refractivity contribution in [2.75, 3.05) is 39.3 Å². The molecule has 0 bridgehead atoms. The third kappa shape index (κ3) is 5.74. The van der Waals surface area contributed by atoms with Crippen LogP contribution in [0.1, 0.15) is 44.6 Å². The third-order valence-electron chi connectivity index (χ3n) is 6.04. The highest BCUT2D eigenvalue weighted by molar-refractivity contribution is 5.79. The van der Waals surface area contributed by atoms with Crippen LogP contribution in [0.15, 0.2) is 24.5 Å². The number of likely N-dealkylation sites (N-methyl/N-ethyl adjacent to an activating group) is 1. The van der Waals surface area contributed by atoms with Crippen LogP contribution in [-0.4, -0.2) is 70.7 Å². The third-order valence-corrected chi connectivity index (χ3v) is 6.04. The Kier molecular flexibility index (Phi) is 7.21. The van der Waals surface area contributed by atoms with E-state index in [2.05, 4.69) is 22.1 Å². The van der Waals surface area contributed by atoms with Gasteiger partial charge in [0.2, 0.25) is 5.91 Å². The molecule has 1 aromatic heterocycles. The van der Waals surface area contributed by atoms with Gasteiger partial charge in [-0.2, -0.15) is 0 Å². The Morgan fingerprint density at radius 2 is 2.04 bits per heavy atom. The van der Waals surface area contributed by atoms with Gasteiger partial charge in [-0.1, -0.05) is 6.92 Å². The normalized spacial score (nSPS) is 24.8. The summed E-state index contributed by atoms with van der Waals surface area (Å²) in [5, 5.41) is 14.6. The molecule has 3 heterocycles. The van der Waals surface area contributed by atoms with Crippen LogP contribution >= 0.6 is 0 Å². The predicted molar refractivity (Wildman–Crippen MR) is 106 cm³/mol. The molecule has 6 heteroatoms. The number of nitrogens with one attached hydrogen (secondary N) is 1. The van der Waals surface area contributed by atoms with Crippen LogP contribution in [-0.2, 0) is 11.3 Å². The minimum absolute atomic E-state index is 0.163. The van der Waals surface area contributed by atoms with E-state index in [1.165, 1.54) is 5.56 Å². The van der Waals surface area contributed by atoms with Crippen molar-refractivity contribution >= 4 is 5.91 Å². The van der Waals surface area contributed by atoms with Gasteiger partial charge in [0.15, 0.2) is 0 Å². The molecule has 27 heavy (non-hydrogen) atoms. The van der Waals surface area contributed by atoms with Gasteiger partial charge in [0.1, 0.15) is 0 Å². The number of carbonyl (C=O) groups excluding carboxylic acids is 1. The molecule has 2 N–H and O–H groups in total. The first kappa shape index (κ1) is 20.2. The van der Waals surface area contributed by atoms with Crippen molar-refractivity contribution < 1.29 is 9.90 Å². The first-order valence-electron chi connectivity index (χ1n) is 10.4. The second-order valence-electron chi connectivity index (χ2n) is 8.09. The van der Waals surface area contributed by atoms with Crippen LogP contribution in [0.3, 0.4) is 0 Å². The summed E-state index contributed by atoms with van der Waals surface area (Å²) in [5.41, 5.74) is 0.499. The Bertz CT molecular complexity index is 591. The van der Waals surface area contributed by atoms with Crippen LogP contribution in [0.4, 0.5) is 0 Å². The van der Waals surface area contributed by atoms with Crippen molar-refractivity contribution in [3.63, 3.8) is 0 Å². The number of rotatable bonds is 6. The molecule has 2 saturated heterocycles. The number of hydrogen-bond acceptors (Lipinski definition) is 5. The van der Waals surface area contributed by atoms with Crippen molar-refractivity contribution in [2.24, 2.45) is 5.92 Å². The molecule has 6 nitrogen and oxygen atoms in total. The second kappa shape index (κ2) is 9.62. The maximum Gasteiger partial charge on any atom is 0.225 e. The lowest BCUT2D eigenvalue weighted by atomic mass is 9.94. The molecular weight excluding hydrogens is 340 g/mol. The number of aliphatic hydroxyl groups is 1. The molecule has 1 atom stereocenters. The quantitative estimate of drug-likeness (QED) is 0.792. The Hall–Kier alpha value is -1.50. The second-order valence-corrected chi connectivity index (χ2v) is 8.09. The van der Waals surface area contributed by atoms with Gasteiger partial charge in [-0.3, -0.25) is 14.7 Å². The van der Waals surface area contributed by atoms with Crippen molar-refractivity contribution in [3.05, 3.63) is 30.1 Å². The number of piperidine rings is 1. The largest absolute Gasteiger partial charge is 0.388 e. The molecule has 1 aromatic rings. The van der Waals surface area contributed by atoms with Gasteiger partial charge in [-0.25, -0.2) is 0 Å². The van der Waals surface area contributed by atoms with Gasteiger partial charge in [-0.15, -0.1) is 0 Å². The van der Waals surface area contributed by atoms with Crippen LogP contribution in [0.25, 0.3) is 0 Å². The molecule has 1 amide bonds. The summed E-state index contributed by atoms with van der Waals surface area (Å²) in [6.07, 6.45) is 7.80. The number of pyridine rings is 1. The highest BCUT2D eigenvalue weighted by Gasteiger charge is 2.34. The molecule has 0 unspecified atom stereocenters. The topological polar surface area (TPSA) is 68.7 Å². The molecule has 0 aromatic carbocycles. The van der Waals surface area contributed by atoms with Gasteiger partial charge in [0.25, 0.3) is 0 Å². The van der Waals surface area contributed by atoms with E-state index in [0.717, 1.165) is 58.4 Å². The predicted octanol–water partition coefficient (Wildman–Crippen LogP) is 1.65. The summed E-state index contributed by atoms with van der Waals surface area (Å²) in [6.45, 7) is 7.83. The highest BCUT2D eigenvalue weighted by Crippen LogP contribution is 2.26. The van der Waals surface area contributed by atoms with E-state index in [1.54, 1.807) is 0 Å². The van der Waals surface area contributed by atoms with Crippen LogP contribution < -0.4 is 5.32 Å². The first-order chi connectivity index (χ1) is 13.1. The zero-order chi connectivity index (χ0) is 19.1. The zero-order valence-corrected chi connectivity index (χ0v) is 16.6. The maximum absolute atomic E-state index is 12.8. The Labute approximate surface area is 163 Å². The van der Waals surface area contributed by atoms with E-state index >= 15 is 0 Å². The minimum atomic E-state index is -0.716. The number of nitrogens with zero attached hydrogens (tertiary/aromatic N) is 3. The number of hydrogen-bond donors (Lipinski definition) is 2. The summed E-state index contributed by atoms with van der Waals surface area (Å²) in [5.74, 6) is 0.459.